The number of aldehydes is 1. The highest BCUT2D eigenvalue weighted by molar-refractivity contribution is 5.92. The number of aromatic nitrogens is 1. The second kappa shape index (κ2) is 3.57. The maximum Gasteiger partial charge on any atom is 0.418 e. The molecule has 0 bridgehead atoms. The van der Waals surface area contributed by atoms with Gasteiger partial charge in [0.1, 0.15) is 6.29 Å². The Morgan fingerprint density at radius 3 is 2.87 bits per heavy atom. The minimum atomic E-state index is -0.465. The summed E-state index contributed by atoms with van der Waals surface area (Å²) in [6.07, 6.45) is 1.90. The number of nitrogens with zero attached hydrogens (tertiary/aromatic N) is 1. The van der Waals surface area contributed by atoms with E-state index in [4.69, 9.17) is 0 Å². The molecule has 1 aromatic heterocycles. The Morgan fingerprint density at radius 2 is 2.20 bits per heavy atom. The van der Waals surface area contributed by atoms with Crippen LogP contribution in [0.5, 0.6) is 0 Å². The molecule has 0 N–H and O–H groups in total. The highest BCUT2D eigenvalue weighted by Gasteiger charge is 2.08. The van der Waals surface area contributed by atoms with Crippen molar-refractivity contribution < 1.29 is 14.3 Å². The zero-order valence-electron chi connectivity index (χ0n) is 8.14. The van der Waals surface area contributed by atoms with Crippen LogP contribution in [0.1, 0.15) is 10.4 Å². The van der Waals surface area contributed by atoms with Crippen LogP contribution in [0.15, 0.2) is 30.5 Å². The first-order valence-corrected chi connectivity index (χ1v) is 4.41. The molecule has 0 aliphatic rings. The molecule has 2 aromatic rings. The second-order valence-electron chi connectivity index (χ2n) is 3.09. The molecule has 0 saturated carbocycles. The van der Waals surface area contributed by atoms with Gasteiger partial charge in [0.25, 0.3) is 0 Å². The number of carbonyl (C=O) groups is 2. The van der Waals surface area contributed by atoms with Crippen molar-refractivity contribution in [3.63, 3.8) is 0 Å². The molecule has 0 unspecified atom stereocenters. The minimum Gasteiger partial charge on any atom is -0.452 e. The van der Waals surface area contributed by atoms with Crippen LogP contribution in [0.25, 0.3) is 10.9 Å². The molecule has 0 spiro atoms. The Bertz CT molecular complexity index is 528. The van der Waals surface area contributed by atoms with Gasteiger partial charge in [0.05, 0.1) is 12.6 Å². The van der Waals surface area contributed by atoms with Gasteiger partial charge in [0.2, 0.25) is 0 Å². The van der Waals surface area contributed by atoms with Crippen LogP contribution in [0, 0.1) is 0 Å². The smallest absolute Gasteiger partial charge is 0.418 e. The van der Waals surface area contributed by atoms with Gasteiger partial charge in [-0.25, -0.2) is 4.79 Å². The highest BCUT2D eigenvalue weighted by atomic mass is 16.5. The van der Waals surface area contributed by atoms with Gasteiger partial charge in [0, 0.05) is 17.1 Å². The molecule has 1 aromatic carbocycles. The van der Waals surface area contributed by atoms with E-state index in [-0.39, 0.29) is 0 Å². The Kier molecular flexibility index (Phi) is 2.25. The van der Waals surface area contributed by atoms with Crippen LogP contribution < -0.4 is 0 Å². The van der Waals surface area contributed by atoms with Crippen LogP contribution in [-0.4, -0.2) is 24.1 Å². The minimum absolute atomic E-state index is 0.465. The van der Waals surface area contributed by atoms with Crippen LogP contribution >= 0.6 is 0 Å². The average Bonchev–Trinajstić information content (AvgIpc) is 2.70. The summed E-state index contributed by atoms with van der Waals surface area (Å²) in [5.41, 5.74) is 1.21. The third-order valence-electron chi connectivity index (χ3n) is 2.22. The molecule has 0 saturated heterocycles. The molecule has 76 valence electrons. The first kappa shape index (κ1) is 9.45. The Hall–Kier alpha value is -2.10. The predicted molar refractivity (Wildman–Crippen MR) is 55.1 cm³/mol. The highest BCUT2D eigenvalue weighted by Crippen LogP contribution is 2.17. The van der Waals surface area contributed by atoms with E-state index in [1.165, 1.54) is 11.7 Å². The lowest BCUT2D eigenvalue weighted by Crippen LogP contribution is -2.09. The zero-order valence-corrected chi connectivity index (χ0v) is 8.14. The maximum absolute atomic E-state index is 11.3. The fourth-order valence-corrected chi connectivity index (χ4v) is 1.48. The van der Waals surface area contributed by atoms with Crippen molar-refractivity contribution in [3.8, 4) is 0 Å². The van der Waals surface area contributed by atoms with Crippen molar-refractivity contribution in [2.24, 2.45) is 0 Å². The van der Waals surface area contributed by atoms with Crippen LogP contribution in [0.2, 0.25) is 0 Å². The lowest BCUT2D eigenvalue weighted by Gasteiger charge is -2.01. The topological polar surface area (TPSA) is 48.3 Å². The molecule has 0 amide bonds. The summed E-state index contributed by atoms with van der Waals surface area (Å²) in [5.74, 6) is 0. The first-order chi connectivity index (χ1) is 7.26. The number of ether oxygens (including phenoxy) is 1. The van der Waals surface area contributed by atoms with E-state index < -0.39 is 6.09 Å². The summed E-state index contributed by atoms with van der Waals surface area (Å²) < 4.78 is 5.98. The molecule has 4 heteroatoms. The summed E-state index contributed by atoms with van der Waals surface area (Å²) >= 11 is 0. The molecule has 0 fully saturated rings. The van der Waals surface area contributed by atoms with Gasteiger partial charge in [-0.2, -0.15) is 0 Å². The second-order valence-corrected chi connectivity index (χ2v) is 3.09. The summed E-state index contributed by atoms with van der Waals surface area (Å²) in [6, 6.07) is 6.94. The molecule has 0 aliphatic heterocycles. The monoisotopic (exact) mass is 203 g/mol. The largest absolute Gasteiger partial charge is 0.452 e. The summed E-state index contributed by atoms with van der Waals surface area (Å²) in [7, 11) is 1.32. The molecule has 0 radical (unpaired) electrons. The van der Waals surface area contributed by atoms with Crippen molar-refractivity contribution in [1.82, 2.24) is 4.57 Å². The number of rotatable bonds is 1. The quantitative estimate of drug-likeness (QED) is 0.666. The molecule has 15 heavy (non-hydrogen) atoms. The van der Waals surface area contributed by atoms with Gasteiger partial charge in [-0.3, -0.25) is 9.36 Å². The lowest BCUT2D eigenvalue weighted by atomic mass is 10.2. The molecular weight excluding hydrogens is 194 g/mol. The number of carbonyl (C=O) groups excluding carboxylic acids is 2. The average molecular weight is 203 g/mol. The Morgan fingerprint density at radius 1 is 1.40 bits per heavy atom. The van der Waals surface area contributed by atoms with Gasteiger partial charge >= 0.3 is 6.09 Å². The van der Waals surface area contributed by atoms with Gasteiger partial charge in [-0.15, -0.1) is 0 Å². The van der Waals surface area contributed by atoms with E-state index in [9.17, 15) is 9.59 Å². The number of fused-ring (bicyclic) bond motifs is 1. The van der Waals surface area contributed by atoms with Crippen LogP contribution in [-0.2, 0) is 4.74 Å². The summed E-state index contributed by atoms with van der Waals surface area (Å²) in [5, 5.41) is 0.894. The predicted octanol–water partition coefficient (Wildman–Crippen LogP) is 2.07. The zero-order chi connectivity index (χ0) is 10.8. The van der Waals surface area contributed by atoms with Gasteiger partial charge in [-0.05, 0) is 12.1 Å². The summed E-state index contributed by atoms with van der Waals surface area (Å²) in [6.45, 7) is 0. The van der Waals surface area contributed by atoms with Crippen molar-refractivity contribution in [2.75, 3.05) is 7.11 Å². The van der Waals surface area contributed by atoms with Gasteiger partial charge in [0.15, 0.2) is 0 Å². The van der Waals surface area contributed by atoms with Gasteiger partial charge in [-0.1, -0.05) is 12.1 Å². The molecule has 2 rings (SSSR count). The van der Waals surface area contributed by atoms with Crippen molar-refractivity contribution in [2.45, 2.75) is 0 Å². The molecule has 4 nitrogen and oxygen atoms in total. The fourth-order valence-electron chi connectivity index (χ4n) is 1.48. The van der Waals surface area contributed by atoms with Crippen molar-refractivity contribution >= 4 is 23.3 Å². The number of hydrogen-bond donors (Lipinski definition) is 0. The van der Waals surface area contributed by atoms with E-state index in [1.54, 1.807) is 30.5 Å². The number of benzene rings is 1. The van der Waals surface area contributed by atoms with Gasteiger partial charge < -0.3 is 4.74 Å². The van der Waals surface area contributed by atoms with E-state index in [0.29, 0.717) is 11.1 Å². The van der Waals surface area contributed by atoms with E-state index in [2.05, 4.69) is 4.74 Å². The SMILES string of the molecule is COC(=O)n1ccc2ccc(C=O)cc21. The van der Waals surface area contributed by atoms with Crippen molar-refractivity contribution in [3.05, 3.63) is 36.0 Å². The third kappa shape index (κ3) is 1.50. The molecule has 0 atom stereocenters. The Balaban J connectivity index is 2.66. The normalized spacial score (nSPS) is 10.2. The lowest BCUT2D eigenvalue weighted by molar-refractivity contribution is 0.112. The van der Waals surface area contributed by atoms with E-state index in [0.717, 1.165) is 11.7 Å². The molecular formula is C11H9NO3. The third-order valence-corrected chi connectivity index (χ3v) is 2.22. The summed E-state index contributed by atoms with van der Waals surface area (Å²) in [4.78, 5) is 21.9. The number of methoxy groups -OCH3 is 1. The fraction of sp³-hybridized carbons (Fsp3) is 0.0909. The molecule has 0 aliphatic carbocycles. The maximum atomic E-state index is 11.3. The van der Waals surface area contributed by atoms with Crippen LogP contribution in [0.4, 0.5) is 4.79 Å². The van der Waals surface area contributed by atoms with E-state index in [1.807, 2.05) is 0 Å². The number of hydrogen-bond acceptors (Lipinski definition) is 3. The standard InChI is InChI=1S/C11H9NO3/c1-15-11(14)12-5-4-9-3-2-8(7-13)6-10(9)12/h2-7H,1H3. The Labute approximate surface area is 86.1 Å². The van der Waals surface area contributed by atoms with Crippen LogP contribution in [0.3, 0.4) is 0 Å². The molecule has 1 heterocycles. The van der Waals surface area contributed by atoms with E-state index >= 15 is 0 Å². The van der Waals surface area contributed by atoms with Crippen molar-refractivity contribution in [1.29, 1.82) is 0 Å². The first-order valence-electron chi connectivity index (χ1n) is 4.41.